The molecule has 3 aromatic rings. The van der Waals surface area contributed by atoms with Gasteiger partial charge in [0, 0.05) is 23.6 Å². The van der Waals surface area contributed by atoms with Gasteiger partial charge in [-0.1, -0.05) is 60.7 Å². The molecule has 0 radical (unpaired) electrons. The van der Waals surface area contributed by atoms with E-state index in [9.17, 15) is 20.0 Å². The lowest BCUT2D eigenvalue weighted by Gasteiger charge is -2.28. The second kappa shape index (κ2) is 13.5. The maximum absolute atomic E-state index is 12.5. The monoisotopic (exact) mass is 569 g/mol. The minimum Gasteiger partial charge on any atom is -0.459 e. The van der Waals surface area contributed by atoms with E-state index in [-0.39, 0.29) is 22.4 Å². The van der Waals surface area contributed by atoms with Crippen LogP contribution >= 0.6 is 23.5 Å². The molecule has 0 saturated carbocycles. The highest BCUT2D eigenvalue weighted by Crippen LogP contribution is 2.42. The van der Waals surface area contributed by atoms with Crippen LogP contribution in [0.4, 0.5) is 5.69 Å². The average Bonchev–Trinajstić information content (AvgIpc) is 3.27. The van der Waals surface area contributed by atoms with Gasteiger partial charge in [0.25, 0.3) is 5.69 Å². The van der Waals surface area contributed by atoms with E-state index in [2.05, 4.69) is 24.3 Å². The molecule has 10 heteroatoms. The van der Waals surface area contributed by atoms with Crippen molar-refractivity contribution in [2.75, 3.05) is 6.61 Å². The van der Waals surface area contributed by atoms with Crippen molar-refractivity contribution in [2.45, 2.75) is 54.0 Å². The first-order valence-electron chi connectivity index (χ1n) is 12.5. The minimum atomic E-state index is -1.14. The SMILES string of the molecule is CC1(C)O[C@H]([C@H](O)COC(=O)c2ccc([N+](=O)[O-])cc2)[C@@H](C(SCc2ccccc2)SCc2ccccc2)O1. The van der Waals surface area contributed by atoms with Crippen LogP contribution in [0.1, 0.15) is 35.3 Å². The summed E-state index contributed by atoms with van der Waals surface area (Å²) in [5.74, 6) is -0.110. The number of hydrogen-bond donors (Lipinski definition) is 1. The molecule has 1 aliphatic heterocycles. The molecule has 3 aromatic carbocycles. The molecule has 4 rings (SSSR count). The number of non-ortho nitro benzene ring substituents is 1. The first-order chi connectivity index (χ1) is 18.7. The summed E-state index contributed by atoms with van der Waals surface area (Å²) in [5, 5.41) is 22.0. The van der Waals surface area contributed by atoms with Gasteiger partial charge in [-0.2, -0.15) is 0 Å². The standard InChI is InChI=1S/C29H31NO7S2/c1-29(2)36-25(24(31)17-35-27(32)22-13-15-23(16-14-22)30(33)34)26(37-29)28(38-18-20-9-5-3-6-10-20)39-19-21-11-7-4-8-12-21/h3-16,24-26,28,31H,17-19H2,1-2H3/t24-,25-,26+/m1/s1. The van der Waals surface area contributed by atoms with E-state index in [1.54, 1.807) is 37.4 Å². The van der Waals surface area contributed by atoms with Crippen molar-refractivity contribution in [1.82, 2.24) is 0 Å². The number of benzene rings is 3. The summed E-state index contributed by atoms with van der Waals surface area (Å²) in [6.45, 7) is 3.29. The molecule has 3 atom stereocenters. The third kappa shape index (κ3) is 8.30. The predicted octanol–water partition coefficient (Wildman–Crippen LogP) is 5.83. The summed E-state index contributed by atoms with van der Waals surface area (Å²) in [6.07, 6.45) is -2.35. The molecule has 1 fully saturated rings. The Morgan fingerprint density at radius 2 is 1.44 bits per heavy atom. The van der Waals surface area contributed by atoms with Crippen LogP contribution in [0.15, 0.2) is 84.9 Å². The maximum Gasteiger partial charge on any atom is 0.338 e. The van der Waals surface area contributed by atoms with E-state index in [0.29, 0.717) is 0 Å². The number of carbonyl (C=O) groups is 1. The maximum atomic E-state index is 12.5. The van der Waals surface area contributed by atoms with Crippen molar-refractivity contribution in [3.8, 4) is 0 Å². The normalized spacial score (nSPS) is 19.1. The van der Waals surface area contributed by atoms with Crippen LogP contribution in [0, 0.1) is 10.1 Å². The Labute approximate surface area is 236 Å². The van der Waals surface area contributed by atoms with Gasteiger partial charge in [-0.25, -0.2) is 4.79 Å². The molecule has 1 saturated heterocycles. The fraction of sp³-hybridized carbons (Fsp3) is 0.345. The number of esters is 1. The van der Waals surface area contributed by atoms with Crippen molar-refractivity contribution >= 4 is 35.2 Å². The van der Waals surface area contributed by atoms with Crippen molar-refractivity contribution in [3.63, 3.8) is 0 Å². The molecule has 0 spiro atoms. The lowest BCUT2D eigenvalue weighted by atomic mass is 10.1. The van der Waals surface area contributed by atoms with Crippen LogP contribution in [0.2, 0.25) is 0 Å². The summed E-state index contributed by atoms with van der Waals surface area (Å²) in [7, 11) is 0. The summed E-state index contributed by atoms with van der Waals surface area (Å²) >= 11 is 3.44. The van der Waals surface area contributed by atoms with Crippen LogP contribution in [-0.2, 0) is 25.7 Å². The number of ether oxygens (including phenoxy) is 3. The van der Waals surface area contributed by atoms with E-state index in [0.717, 1.165) is 11.5 Å². The van der Waals surface area contributed by atoms with Gasteiger partial charge in [0.15, 0.2) is 5.79 Å². The molecular formula is C29H31NO7S2. The Bertz CT molecular complexity index is 1180. The summed E-state index contributed by atoms with van der Waals surface area (Å²) < 4.78 is 17.7. The Balaban J connectivity index is 1.45. The molecule has 8 nitrogen and oxygen atoms in total. The fourth-order valence-electron chi connectivity index (χ4n) is 4.13. The molecule has 0 bridgehead atoms. The number of rotatable bonds is 12. The van der Waals surface area contributed by atoms with E-state index in [1.807, 2.05) is 36.4 Å². The second-order valence-corrected chi connectivity index (χ2v) is 12.1. The summed E-state index contributed by atoms with van der Waals surface area (Å²) in [6, 6.07) is 25.4. The number of hydrogen-bond acceptors (Lipinski definition) is 9. The van der Waals surface area contributed by atoms with Gasteiger partial charge in [-0.15, -0.1) is 23.5 Å². The molecule has 1 N–H and O–H groups in total. The Hall–Kier alpha value is -2.89. The van der Waals surface area contributed by atoms with E-state index < -0.39 is 35.0 Å². The third-order valence-electron chi connectivity index (χ3n) is 6.02. The molecule has 0 unspecified atom stereocenters. The van der Waals surface area contributed by atoms with Crippen LogP contribution in [0.25, 0.3) is 0 Å². The van der Waals surface area contributed by atoms with Crippen molar-refractivity contribution in [2.24, 2.45) is 0 Å². The first-order valence-corrected chi connectivity index (χ1v) is 14.6. The molecule has 0 aromatic heterocycles. The summed E-state index contributed by atoms with van der Waals surface area (Å²) in [4.78, 5) is 22.8. The number of aliphatic hydroxyl groups is 1. The van der Waals surface area contributed by atoms with E-state index in [4.69, 9.17) is 14.2 Å². The third-order valence-corrected chi connectivity index (χ3v) is 9.03. The Morgan fingerprint density at radius 3 is 1.95 bits per heavy atom. The lowest BCUT2D eigenvalue weighted by Crippen LogP contribution is -2.42. The molecule has 1 aliphatic rings. The molecule has 0 aliphatic carbocycles. The highest BCUT2D eigenvalue weighted by molar-refractivity contribution is 8.16. The Morgan fingerprint density at radius 1 is 0.923 bits per heavy atom. The number of carbonyl (C=O) groups excluding carboxylic acids is 1. The van der Waals surface area contributed by atoms with Crippen molar-refractivity contribution in [3.05, 3.63) is 112 Å². The molecular weight excluding hydrogens is 538 g/mol. The van der Waals surface area contributed by atoms with Crippen LogP contribution < -0.4 is 0 Å². The molecule has 0 amide bonds. The van der Waals surface area contributed by atoms with Gasteiger partial charge in [0.2, 0.25) is 0 Å². The van der Waals surface area contributed by atoms with Gasteiger partial charge < -0.3 is 19.3 Å². The van der Waals surface area contributed by atoms with Gasteiger partial charge >= 0.3 is 5.97 Å². The van der Waals surface area contributed by atoms with Gasteiger partial charge in [0.1, 0.15) is 24.9 Å². The molecule has 206 valence electrons. The number of nitro groups is 1. The zero-order valence-electron chi connectivity index (χ0n) is 21.7. The topological polar surface area (TPSA) is 108 Å². The number of nitrogens with zero attached hydrogens (tertiary/aromatic N) is 1. The smallest absolute Gasteiger partial charge is 0.338 e. The fourth-order valence-corrected chi connectivity index (χ4v) is 6.82. The highest BCUT2D eigenvalue weighted by Gasteiger charge is 2.48. The van der Waals surface area contributed by atoms with Crippen LogP contribution in [0.5, 0.6) is 0 Å². The molecule has 39 heavy (non-hydrogen) atoms. The number of thioether (sulfide) groups is 2. The van der Waals surface area contributed by atoms with Crippen molar-refractivity contribution in [1.29, 1.82) is 0 Å². The minimum absolute atomic E-state index is 0.0859. The van der Waals surface area contributed by atoms with Crippen molar-refractivity contribution < 1.29 is 29.0 Å². The van der Waals surface area contributed by atoms with Gasteiger partial charge in [-0.3, -0.25) is 10.1 Å². The van der Waals surface area contributed by atoms with E-state index in [1.165, 1.54) is 35.4 Å². The van der Waals surface area contributed by atoms with Crippen LogP contribution in [-0.4, -0.2) is 51.3 Å². The Kier molecular flexibility index (Phi) is 10.0. The summed E-state index contributed by atoms with van der Waals surface area (Å²) in [5.41, 5.74) is 2.39. The highest BCUT2D eigenvalue weighted by atomic mass is 32.2. The predicted molar refractivity (Wildman–Crippen MR) is 152 cm³/mol. The lowest BCUT2D eigenvalue weighted by molar-refractivity contribution is -0.384. The number of nitro benzene ring substituents is 1. The van der Waals surface area contributed by atoms with Gasteiger partial charge in [-0.05, 0) is 37.1 Å². The number of aliphatic hydroxyl groups excluding tert-OH is 1. The van der Waals surface area contributed by atoms with Gasteiger partial charge in [0.05, 0.1) is 15.1 Å². The first kappa shape index (κ1) is 29.1. The molecule has 1 heterocycles. The zero-order valence-corrected chi connectivity index (χ0v) is 23.3. The largest absolute Gasteiger partial charge is 0.459 e. The quantitative estimate of drug-likeness (QED) is 0.125. The zero-order chi connectivity index (χ0) is 27.8. The average molecular weight is 570 g/mol. The van der Waals surface area contributed by atoms with E-state index >= 15 is 0 Å². The second-order valence-electron chi connectivity index (χ2n) is 9.50. The van der Waals surface area contributed by atoms with Crippen LogP contribution in [0.3, 0.4) is 0 Å².